The van der Waals surface area contributed by atoms with Crippen molar-refractivity contribution in [2.24, 2.45) is 0 Å². The average Bonchev–Trinajstić information content (AvgIpc) is 2.72. The van der Waals surface area contributed by atoms with Crippen molar-refractivity contribution >= 4 is 13.9 Å². The lowest BCUT2D eigenvalue weighted by Crippen LogP contribution is -2.23. The molecule has 2 rings (SSSR count). The quantitative estimate of drug-likeness (QED) is 0.248. The third-order valence-corrected chi connectivity index (χ3v) is 7.26. The van der Waals surface area contributed by atoms with E-state index in [2.05, 4.69) is 55.1 Å². The highest BCUT2D eigenvalue weighted by atomic mass is 28.4. The van der Waals surface area contributed by atoms with Crippen molar-refractivity contribution in [3.8, 4) is 0 Å². The number of benzene rings is 2. The predicted molar refractivity (Wildman–Crippen MR) is 131 cm³/mol. The summed E-state index contributed by atoms with van der Waals surface area (Å²) in [6.07, 6.45) is 13.1. The molecular weight excluding hydrogens is 368 g/mol. The second-order valence-electron chi connectivity index (χ2n) is 9.04. The molecule has 0 spiro atoms. The topological polar surface area (TPSA) is 20.2 Å². The standard InChI is InChI=1S/C27H40OSi/c1-24(26-17-13-11-14-18-26)27-21-19-25(20-22-27)16-12-9-7-5-4-6-8-10-15-23-29(2,3)28/h11,13-14,17-22,28H,1,4-10,12,15-16,23H2,2-3H3. The molecule has 0 aliphatic carbocycles. The molecule has 0 fully saturated rings. The van der Waals surface area contributed by atoms with Gasteiger partial charge in [-0.05, 0) is 54.2 Å². The van der Waals surface area contributed by atoms with Crippen LogP contribution in [0.5, 0.6) is 0 Å². The van der Waals surface area contributed by atoms with E-state index in [9.17, 15) is 4.80 Å². The Morgan fingerprint density at radius 2 is 1.17 bits per heavy atom. The molecule has 158 valence electrons. The fourth-order valence-corrected chi connectivity index (χ4v) is 4.92. The van der Waals surface area contributed by atoms with Crippen LogP contribution in [0.1, 0.15) is 74.5 Å². The van der Waals surface area contributed by atoms with Gasteiger partial charge >= 0.3 is 0 Å². The van der Waals surface area contributed by atoms with Crippen molar-refractivity contribution in [3.05, 3.63) is 77.9 Å². The molecule has 1 N–H and O–H groups in total. The first-order chi connectivity index (χ1) is 14.0. The molecule has 0 aliphatic rings. The van der Waals surface area contributed by atoms with Crippen LogP contribution in [-0.2, 0) is 6.42 Å². The summed E-state index contributed by atoms with van der Waals surface area (Å²) in [4.78, 5) is 9.84. The summed E-state index contributed by atoms with van der Waals surface area (Å²) >= 11 is 0. The van der Waals surface area contributed by atoms with E-state index in [1.165, 1.54) is 80.9 Å². The maximum Gasteiger partial charge on any atom is 0.182 e. The molecular formula is C27H40OSi. The highest BCUT2D eigenvalue weighted by Crippen LogP contribution is 2.22. The lowest BCUT2D eigenvalue weighted by atomic mass is 9.97. The van der Waals surface area contributed by atoms with Crippen LogP contribution in [0.25, 0.3) is 5.57 Å². The van der Waals surface area contributed by atoms with Crippen molar-refractivity contribution in [2.45, 2.75) is 83.3 Å². The van der Waals surface area contributed by atoms with Crippen molar-refractivity contribution in [2.75, 3.05) is 0 Å². The van der Waals surface area contributed by atoms with Crippen molar-refractivity contribution in [3.63, 3.8) is 0 Å². The molecule has 0 heterocycles. The van der Waals surface area contributed by atoms with Crippen LogP contribution in [0.4, 0.5) is 0 Å². The van der Waals surface area contributed by atoms with Gasteiger partial charge < -0.3 is 4.80 Å². The molecule has 0 saturated heterocycles. The van der Waals surface area contributed by atoms with E-state index in [1.54, 1.807) is 0 Å². The van der Waals surface area contributed by atoms with Crippen LogP contribution >= 0.6 is 0 Å². The molecule has 0 amide bonds. The summed E-state index contributed by atoms with van der Waals surface area (Å²) in [5.41, 5.74) is 4.94. The normalized spacial score (nSPS) is 11.6. The Labute approximate surface area is 180 Å². The van der Waals surface area contributed by atoms with Gasteiger partial charge in [0, 0.05) is 0 Å². The van der Waals surface area contributed by atoms with Crippen LogP contribution in [0, 0.1) is 0 Å². The SMILES string of the molecule is C=C(c1ccccc1)c1ccc(CCCCCCCCCCC[Si](C)(C)O)cc1. The average molecular weight is 409 g/mol. The monoisotopic (exact) mass is 408 g/mol. The molecule has 2 aromatic carbocycles. The van der Waals surface area contributed by atoms with Gasteiger partial charge in [-0.2, -0.15) is 0 Å². The minimum atomic E-state index is -1.80. The number of aryl methyl sites for hydroxylation is 1. The summed E-state index contributed by atoms with van der Waals surface area (Å²) in [7, 11) is -1.80. The summed E-state index contributed by atoms with van der Waals surface area (Å²) in [6.45, 7) is 8.34. The van der Waals surface area contributed by atoms with Crippen molar-refractivity contribution in [1.82, 2.24) is 0 Å². The van der Waals surface area contributed by atoms with Crippen LogP contribution in [0.3, 0.4) is 0 Å². The number of hydrogen-bond acceptors (Lipinski definition) is 1. The molecule has 1 nitrogen and oxygen atoms in total. The fourth-order valence-electron chi connectivity index (χ4n) is 3.80. The summed E-state index contributed by atoms with van der Waals surface area (Å²) in [6, 6.07) is 20.4. The van der Waals surface area contributed by atoms with Gasteiger partial charge in [0.25, 0.3) is 0 Å². The van der Waals surface area contributed by atoms with E-state index in [1.807, 2.05) is 19.2 Å². The van der Waals surface area contributed by atoms with E-state index < -0.39 is 8.32 Å². The summed E-state index contributed by atoms with van der Waals surface area (Å²) in [5.74, 6) is 0. The molecule has 0 bridgehead atoms. The molecule has 2 aromatic rings. The zero-order valence-corrected chi connectivity index (χ0v) is 19.6. The van der Waals surface area contributed by atoms with Crippen LogP contribution < -0.4 is 0 Å². The first kappa shape index (κ1) is 23.6. The minimum Gasteiger partial charge on any atom is -0.432 e. The first-order valence-electron chi connectivity index (χ1n) is 11.5. The third-order valence-electron chi connectivity index (χ3n) is 5.68. The third kappa shape index (κ3) is 10.1. The molecule has 0 radical (unpaired) electrons. The maximum absolute atomic E-state index is 9.84. The Morgan fingerprint density at radius 3 is 1.72 bits per heavy atom. The molecule has 2 heteroatoms. The van der Waals surface area contributed by atoms with Gasteiger partial charge in [0.05, 0.1) is 0 Å². The number of rotatable bonds is 14. The van der Waals surface area contributed by atoms with Gasteiger partial charge in [-0.25, -0.2) is 0 Å². The molecule has 0 aliphatic heterocycles. The second-order valence-corrected chi connectivity index (χ2v) is 13.2. The number of hydrogen-bond donors (Lipinski definition) is 1. The van der Waals surface area contributed by atoms with Crippen LogP contribution in [0.2, 0.25) is 19.1 Å². The summed E-state index contributed by atoms with van der Waals surface area (Å²) in [5, 5.41) is 0. The van der Waals surface area contributed by atoms with Gasteiger partial charge in [0.2, 0.25) is 0 Å². The molecule has 0 unspecified atom stereocenters. The molecule has 0 atom stereocenters. The van der Waals surface area contributed by atoms with Gasteiger partial charge in [0.1, 0.15) is 0 Å². The Hall–Kier alpha value is -1.64. The van der Waals surface area contributed by atoms with Crippen molar-refractivity contribution < 1.29 is 4.80 Å². The van der Waals surface area contributed by atoms with Gasteiger partial charge in [-0.1, -0.05) is 113 Å². The Bertz CT molecular complexity index is 698. The van der Waals surface area contributed by atoms with E-state index in [4.69, 9.17) is 0 Å². The van der Waals surface area contributed by atoms with Gasteiger partial charge in [-0.3, -0.25) is 0 Å². The zero-order valence-electron chi connectivity index (χ0n) is 18.6. The number of unbranched alkanes of at least 4 members (excludes halogenated alkanes) is 8. The van der Waals surface area contributed by atoms with E-state index in [0.717, 1.165) is 11.6 Å². The Kier molecular flexibility index (Phi) is 10.4. The van der Waals surface area contributed by atoms with Gasteiger partial charge in [-0.15, -0.1) is 0 Å². The highest BCUT2D eigenvalue weighted by Gasteiger charge is 2.15. The van der Waals surface area contributed by atoms with E-state index >= 15 is 0 Å². The highest BCUT2D eigenvalue weighted by molar-refractivity contribution is 6.69. The smallest absolute Gasteiger partial charge is 0.182 e. The van der Waals surface area contributed by atoms with Crippen LogP contribution in [-0.4, -0.2) is 13.1 Å². The largest absolute Gasteiger partial charge is 0.432 e. The molecule has 29 heavy (non-hydrogen) atoms. The Morgan fingerprint density at radius 1 is 0.690 bits per heavy atom. The fraction of sp³-hybridized carbons (Fsp3) is 0.481. The maximum atomic E-state index is 9.84. The lowest BCUT2D eigenvalue weighted by molar-refractivity contribution is 0.531. The molecule has 0 saturated carbocycles. The second kappa shape index (κ2) is 12.8. The Balaban J connectivity index is 1.52. The van der Waals surface area contributed by atoms with Gasteiger partial charge in [0.15, 0.2) is 8.32 Å². The lowest BCUT2D eigenvalue weighted by Gasteiger charge is -2.12. The first-order valence-corrected chi connectivity index (χ1v) is 14.7. The zero-order chi connectivity index (χ0) is 21.0. The summed E-state index contributed by atoms with van der Waals surface area (Å²) < 4.78 is 0. The van der Waals surface area contributed by atoms with E-state index in [-0.39, 0.29) is 0 Å². The van der Waals surface area contributed by atoms with Crippen molar-refractivity contribution in [1.29, 1.82) is 0 Å². The minimum absolute atomic E-state index is 1.06. The molecule has 0 aromatic heterocycles. The van der Waals surface area contributed by atoms with E-state index in [0.29, 0.717) is 0 Å². The predicted octanol–water partition coefficient (Wildman–Crippen LogP) is 8.00. The van der Waals surface area contributed by atoms with Crippen LogP contribution in [0.15, 0.2) is 61.2 Å².